The van der Waals surface area contributed by atoms with Crippen LogP contribution in [-0.2, 0) is 13.1 Å². The van der Waals surface area contributed by atoms with E-state index >= 15 is 0 Å². The van der Waals surface area contributed by atoms with E-state index in [1.54, 1.807) is 0 Å². The van der Waals surface area contributed by atoms with Crippen LogP contribution in [0.1, 0.15) is 18.2 Å². The summed E-state index contributed by atoms with van der Waals surface area (Å²) in [6.45, 7) is 6.34. The highest BCUT2D eigenvalue weighted by atomic mass is 16.5. The van der Waals surface area contributed by atoms with Crippen LogP contribution in [0.3, 0.4) is 0 Å². The molecule has 0 saturated heterocycles. The molecule has 2 aromatic rings. The molecule has 0 spiro atoms. The molecule has 0 saturated carbocycles. The zero-order valence-corrected chi connectivity index (χ0v) is 12.4. The highest BCUT2D eigenvalue weighted by Gasteiger charge is 2.15. The Morgan fingerprint density at radius 3 is 3.10 bits per heavy atom. The molecule has 0 aliphatic carbocycles. The van der Waals surface area contributed by atoms with Gasteiger partial charge in [0.05, 0.1) is 12.2 Å². The Balaban J connectivity index is 1.80. The van der Waals surface area contributed by atoms with Gasteiger partial charge in [-0.3, -0.25) is 4.98 Å². The fourth-order valence-electron chi connectivity index (χ4n) is 2.56. The minimum Gasteiger partial charge on any atom is -0.491 e. The first-order valence-electron chi connectivity index (χ1n) is 7.48. The SMILES string of the molecule is CCNCc1cc(N2CCOc3ccccc3C2)ccn1. The van der Waals surface area contributed by atoms with Gasteiger partial charge in [-0.05, 0) is 24.7 Å². The summed E-state index contributed by atoms with van der Waals surface area (Å²) < 4.78 is 5.83. The van der Waals surface area contributed by atoms with Gasteiger partial charge in [-0.1, -0.05) is 25.1 Å². The lowest BCUT2D eigenvalue weighted by Gasteiger charge is -2.22. The van der Waals surface area contributed by atoms with Crippen LogP contribution in [0.15, 0.2) is 42.6 Å². The van der Waals surface area contributed by atoms with E-state index in [2.05, 4.69) is 46.4 Å². The maximum atomic E-state index is 5.83. The number of benzene rings is 1. The van der Waals surface area contributed by atoms with Gasteiger partial charge < -0.3 is 15.0 Å². The Morgan fingerprint density at radius 2 is 2.19 bits per heavy atom. The minimum absolute atomic E-state index is 0.710. The van der Waals surface area contributed by atoms with E-state index in [-0.39, 0.29) is 0 Å². The maximum absolute atomic E-state index is 5.83. The van der Waals surface area contributed by atoms with Crippen molar-refractivity contribution in [2.24, 2.45) is 0 Å². The molecule has 0 amide bonds. The molecule has 1 aliphatic heterocycles. The van der Waals surface area contributed by atoms with E-state index in [1.807, 2.05) is 18.3 Å². The number of anilines is 1. The van der Waals surface area contributed by atoms with Gasteiger partial charge in [-0.25, -0.2) is 0 Å². The van der Waals surface area contributed by atoms with Crippen LogP contribution in [0.2, 0.25) is 0 Å². The average molecular weight is 283 g/mol. The number of ether oxygens (including phenoxy) is 1. The standard InChI is InChI=1S/C17H21N3O/c1-2-18-12-15-11-16(7-8-19-15)20-9-10-21-17-6-4-3-5-14(17)13-20/h3-8,11,18H,2,9-10,12-13H2,1H3. The van der Waals surface area contributed by atoms with Crippen molar-refractivity contribution in [3.63, 3.8) is 0 Å². The molecule has 2 heterocycles. The molecule has 4 heteroatoms. The van der Waals surface area contributed by atoms with E-state index in [0.29, 0.717) is 6.61 Å². The molecule has 21 heavy (non-hydrogen) atoms. The summed E-state index contributed by atoms with van der Waals surface area (Å²) in [5.74, 6) is 1.00. The van der Waals surface area contributed by atoms with Crippen LogP contribution in [0.4, 0.5) is 5.69 Å². The molecule has 0 bridgehead atoms. The van der Waals surface area contributed by atoms with E-state index in [4.69, 9.17) is 4.74 Å². The van der Waals surface area contributed by atoms with Crippen molar-refractivity contribution in [2.75, 3.05) is 24.6 Å². The van der Waals surface area contributed by atoms with Crippen molar-refractivity contribution < 1.29 is 4.74 Å². The van der Waals surface area contributed by atoms with Crippen LogP contribution in [0, 0.1) is 0 Å². The van der Waals surface area contributed by atoms with Gasteiger partial charge in [0.1, 0.15) is 12.4 Å². The third-order valence-electron chi connectivity index (χ3n) is 3.67. The molecule has 1 aliphatic rings. The zero-order chi connectivity index (χ0) is 14.5. The lowest BCUT2D eigenvalue weighted by atomic mass is 10.2. The van der Waals surface area contributed by atoms with E-state index in [0.717, 1.165) is 37.6 Å². The van der Waals surface area contributed by atoms with Gasteiger partial charge in [-0.2, -0.15) is 0 Å². The molecular weight excluding hydrogens is 262 g/mol. The Bertz CT molecular complexity index is 600. The molecule has 1 aromatic carbocycles. The van der Waals surface area contributed by atoms with Crippen LogP contribution in [0.5, 0.6) is 5.75 Å². The van der Waals surface area contributed by atoms with Crippen LogP contribution < -0.4 is 15.0 Å². The van der Waals surface area contributed by atoms with E-state index in [1.165, 1.54) is 11.3 Å². The topological polar surface area (TPSA) is 37.4 Å². The second kappa shape index (κ2) is 6.59. The lowest BCUT2D eigenvalue weighted by molar-refractivity contribution is 0.331. The predicted octanol–water partition coefficient (Wildman–Crippen LogP) is 2.59. The third-order valence-corrected chi connectivity index (χ3v) is 3.67. The lowest BCUT2D eigenvalue weighted by Crippen LogP contribution is -2.25. The largest absolute Gasteiger partial charge is 0.491 e. The smallest absolute Gasteiger partial charge is 0.124 e. The normalized spacial score (nSPS) is 14.2. The van der Waals surface area contributed by atoms with E-state index in [9.17, 15) is 0 Å². The van der Waals surface area contributed by atoms with Crippen molar-refractivity contribution in [3.05, 3.63) is 53.9 Å². The highest BCUT2D eigenvalue weighted by Crippen LogP contribution is 2.26. The third kappa shape index (κ3) is 3.34. The second-order valence-corrected chi connectivity index (χ2v) is 5.16. The summed E-state index contributed by atoms with van der Waals surface area (Å²) in [4.78, 5) is 6.77. The van der Waals surface area contributed by atoms with Crippen molar-refractivity contribution in [3.8, 4) is 5.75 Å². The molecule has 3 rings (SSSR count). The maximum Gasteiger partial charge on any atom is 0.124 e. The van der Waals surface area contributed by atoms with E-state index < -0.39 is 0 Å². The summed E-state index contributed by atoms with van der Waals surface area (Å²) >= 11 is 0. The molecule has 4 nitrogen and oxygen atoms in total. The molecule has 0 fully saturated rings. The first kappa shape index (κ1) is 13.9. The number of para-hydroxylation sites is 1. The van der Waals surface area contributed by atoms with Gasteiger partial charge in [-0.15, -0.1) is 0 Å². The molecule has 1 aromatic heterocycles. The summed E-state index contributed by atoms with van der Waals surface area (Å²) in [6, 6.07) is 12.5. The Labute approximate surface area is 125 Å². The van der Waals surface area contributed by atoms with Crippen molar-refractivity contribution in [1.82, 2.24) is 10.3 Å². The number of nitrogens with one attached hydrogen (secondary N) is 1. The zero-order valence-electron chi connectivity index (χ0n) is 12.4. The Hall–Kier alpha value is -2.07. The molecule has 110 valence electrons. The summed E-state index contributed by atoms with van der Waals surface area (Å²) in [5, 5.41) is 3.32. The van der Waals surface area contributed by atoms with Gasteiger partial charge in [0, 0.05) is 30.5 Å². The molecule has 0 radical (unpaired) electrons. The average Bonchev–Trinajstić information content (AvgIpc) is 2.75. The van der Waals surface area contributed by atoms with Crippen molar-refractivity contribution in [2.45, 2.75) is 20.0 Å². The first-order chi connectivity index (χ1) is 10.4. The van der Waals surface area contributed by atoms with Crippen LogP contribution >= 0.6 is 0 Å². The number of pyridine rings is 1. The van der Waals surface area contributed by atoms with Gasteiger partial charge in [0.15, 0.2) is 0 Å². The second-order valence-electron chi connectivity index (χ2n) is 5.16. The Morgan fingerprint density at radius 1 is 1.29 bits per heavy atom. The van der Waals surface area contributed by atoms with Crippen LogP contribution in [-0.4, -0.2) is 24.7 Å². The summed E-state index contributed by atoms with van der Waals surface area (Å²) in [6.07, 6.45) is 1.89. The number of rotatable bonds is 4. The van der Waals surface area contributed by atoms with Gasteiger partial charge >= 0.3 is 0 Å². The monoisotopic (exact) mass is 283 g/mol. The molecule has 0 unspecified atom stereocenters. The number of hydrogen-bond acceptors (Lipinski definition) is 4. The first-order valence-corrected chi connectivity index (χ1v) is 7.48. The quantitative estimate of drug-likeness (QED) is 0.936. The highest BCUT2D eigenvalue weighted by molar-refractivity contribution is 5.49. The van der Waals surface area contributed by atoms with Crippen LogP contribution in [0.25, 0.3) is 0 Å². The fraction of sp³-hybridized carbons (Fsp3) is 0.353. The molecular formula is C17H21N3O. The Kier molecular flexibility index (Phi) is 4.36. The predicted molar refractivity (Wildman–Crippen MR) is 84.6 cm³/mol. The fourth-order valence-corrected chi connectivity index (χ4v) is 2.56. The van der Waals surface area contributed by atoms with Crippen molar-refractivity contribution >= 4 is 5.69 Å². The number of nitrogens with zero attached hydrogens (tertiary/aromatic N) is 2. The molecule has 0 atom stereocenters. The number of aromatic nitrogens is 1. The van der Waals surface area contributed by atoms with Gasteiger partial charge in [0.25, 0.3) is 0 Å². The summed E-state index contributed by atoms with van der Waals surface area (Å²) in [7, 11) is 0. The number of hydrogen-bond donors (Lipinski definition) is 1. The molecule has 1 N–H and O–H groups in total. The van der Waals surface area contributed by atoms with Crippen molar-refractivity contribution in [1.29, 1.82) is 0 Å². The minimum atomic E-state index is 0.710. The van der Waals surface area contributed by atoms with Gasteiger partial charge in [0.2, 0.25) is 0 Å². The summed E-state index contributed by atoms with van der Waals surface area (Å²) in [5.41, 5.74) is 3.52. The number of fused-ring (bicyclic) bond motifs is 1.